The van der Waals surface area contributed by atoms with Gasteiger partial charge in [0.15, 0.2) is 0 Å². The number of aliphatic carboxylic acids is 1. The predicted molar refractivity (Wildman–Crippen MR) is 60.0 cm³/mol. The van der Waals surface area contributed by atoms with Crippen molar-refractivity contribution in [1.29, 1.82) is 0 Å². The van der Waals surface area contributed by atoms with E-state index in [-0.39, 0.29) is 6.54 Å². The lowest BCUT2D eigenvalue weighted by Crippen LogP contribution is -2.40. The highest BCUT2D eigenvalue weighted by Crippen LogP contribution is 2.11. The lowest BCUT2D eigenvalue weighted by molar-refractivity contribution is -0.138. The number of nitrogens with zero attached hydrogens (tertiary/aromatic N) is 1. The van der Waals surface area contributed by atoms with Gasteiger partial charge in [0.2, 0.25) is 0 Å². The summed E-state index contributed by atoms with van der Waals surface area (Å²) in [7, 11) is 0. The molecule has 0 bridgehead atoms. The van der Waals surface area contributed by atoms with E-state index in [1.807, 2.05) is 0 Å². The Morgan fingerprint density at radius 1 is 1.60 bits per heavy atom. The van der Waals surface area contributed by atoms with E-state index < -0.39 is 5.97 Å². The quantitative estimate of drug-likeness (QED) is 0.686. The van der Waals surface area contributed by atoms with Gasteiger partial charge in [-0.3, -0.25) is 9.69 Å². The summed E-state index contributed by atoms with van der Waals surface area (Å²) in [6.07, 6.45) is 3.47. The molecule has 1 aliphatic heterocycles. The SMILES string of the molecule is CCCN(CC(=O)O)CC1CCCNC1. The number of nitrogens with one attached hydrogen (secondary N) is 1. The van der Waals surface area contributed by atoms with Crippen molar-refractivity contribution in [1.82, 2.24) is 10.2 Å². The maximum absolute atomic E-state index is 10.7. The third-order valence-electron chi connectivity index (χ3n) is 2.81. The molecule has 1 fully saturated rings. The zero-order chi connectivity index (χ0) is 11.1. The van der Waals surface area contributed by atoms with E-state index in [9.17, 15) is 4.79 Å². The summed E-state index contributed by atoms with van der Waals surface area (Å²) in [5.74, 6) is -0.0862. The second-order valence-electron chi connectivity index (χ2n) is 4.34. The Kier molecular flexibility index (Phi) is 5.65. The third kappa shape index (κ3) is 5.14. The summed E-state index contributed by atoms with van der Waals surface area (Å²) < 4.78 is 0. The highest BCUT2D eigenvalue weighted by molar-refractivity contribution is 5.69. The van der Waals surface area contributed by atoms with E-state index in [4.69, 9.17) is 5.11 Å². The zero-order valence-electron chi connectivity index (χ0n) is 9.54. The van der Waals surface area contributed by atoms with Gasteiger partial charge in [0.25, 0.3) is 0 Å². The normalized spacial score (nSPS) is 21.9. The number of piperidine rings is 1. The van der Waals surface area contributed by atoms with Crippen LogP contribution in [-0.4, -0.2) is 48.7 Å². The van der Waals surface area contributed by atoms with E-state index in [1.54, 1.807) is 0 Å². The van der Waals surface area contributed by atoms with Gasteiger partial charge < -0.3 is 10.4 Å². The fourth-order valence-electron chi connectivity index (χ4n) is 2.19. The molecule has 1 heterocycles. The molecule has 0 aromatic heterocycles. The van der Waals surface area contributed by atoms with Crippen molar-refractivity contribution in [2.75, 3.05) is 32.7 Å². The van der Waals surface area contributed by atoms with Gasteiger partial charge in [-0.05, 0) is 44.8 Å². The van der Waals surface area contributed by atoms with Crippen LogP contribution in [0.3, 0.4) is 0 Å². The number of hydrogen-bond donors (Lipinski definition) is 2. The Morgan fingerprint density at radius 2 is 2.40 bits per heavy atom. The van der Waals surface area contributed by atoms with Gasteiger partial charge >= 0.3 is 5.97 Å². The molecule has 1 saturated heterocycles. The van der Waals surface area contributed by atoms with Crippen LogP contribution >= 0.6 is 0 Å². The minimum atomic E-state index is -0.716. The summed E-state index contributed by atoms with van der Waals surface area (Å²) in [6, 6.07) is 0. The van der Waals surface area contributed by atoms with Gasteiger partial charge in [0.1, 0.15) is 0 Å². The average Bonchev–Trinajstić information content (AvgIpc) is 2.18. The molecule has 4 nitrogen and oxygen atoms in total. The number of carboxylic acid groups (broad SMARTS) is 1. The zero-order valence-corrected chi connectivity index (χ0v) is 9.54. The van der Waals surface area contributed by atoms with Crippen LogP contribution < -0.4 is 5.32 Å². The van der Waals surface area contributed by atoms with E-state index in [0.29, 0.717) is 5.92 Å². The molecular formula is C11H22N2O2. The monoisotopic (exact) mass is 214 g/mol. The van der Waals surface area contributed by atoms with E-state index >= 15 is 0 Å². The molecule has 0 amide bonds. The maximum Gasteiger partial charge on any atom is 0.317 e. The molecule has 1 aliphatic rings. The number of rotatable bonds is 6. The van der Waals surface area contributed by atoms with E-state index in [0.717, 1.165) is 32.6 Å². The number of carbonyl (C=O) groups is 1. The average molecular weight is 214 g/mol. The van der Waals surface area contributed by atoms with Crippen molar-refractivity contribution in [2.24, 2.45) is 5.92 Å². The Hall–Kier alpha value is -0.610. The third-order valence-corrected chi connectivity index (χ3v) is 2.81. The van der Waals surface area contributed by atoms with Crippen molar-refractivity contribution in [2.45, 2.75) is 26.2 Å². The fraction of sp³-hybridized carbons (Fsp3) is 0.909. The van der Waals surface area contributed by atoms with Gasteiger partial charge in [-0.15, -0.1) is 0 Å². The second kappa shape index (κ2) is 6.80. The summed E-state index contributed by atoms with van der Waals surface area (Å²) in [6.45, 7) is 6.25. The summed E-state index contributed by atoms with van der Waals surface area (Å²) >= 11 is 0. The Bertz CT molecular complexity index is 191. The first-order valence-corrected chi connectivity index (χ1v) is 5.87. The van der Waals surface area contributed by atoms with Crippen molar-refractivity contribution in [3.8, 4) is 0 Å². The van der Waals surface area contributed by atoms with Gasteiger partial charge in [-0.1, -0.05) is 6.92 Å². The van der Waals surface area contributed by atoms with Crippen LogP contribution in [0.5, 0.6) is 0 Å². The molecule has 1 unspecified atom stereocenters. The van der Waals surface area contributed by atoms with Gasteiger partial charge in [0.05, 0.1) is 6.54 Å². The standard InChI is InChI=1S/C11H22N2O2/c1-2-6-13(9-11(14)15)8-10-4-3-5-12-7-10/h10,12H,2-9H2,1H3,(H,14,15). The van der Waals surface area contributed by atoms with Crippen LogP contribution in [0.25, 0.3) is 0 Å². The molecule has 0 saturated carbocycles. The molecule has 0 aliphatic carbocycles. The van der Waals surface area contributed by atoms with E-state index in [2.05, 4.69) is 17.1 Å². The highest BCUT2D eigenvalue weighted by Gasteiger charge is 2.17. The van der Waals surface area contributed by atoms with Crippen molar-refractivity contribution < 1.29 is 9.90 Å². The molecule has 15 heavy (non-hydrogen) atoms. The lowest BCUT2D eigenvalue weighted by atomic mass is 9.99. The molecule has 0 radical (unpaired) electrons. The minimum Gasteiger partial charge on any atom is -0.480 e. The topological polar surface area (TPSA) is 52.6 Å². The molecule has 1 rings (SSSR count). The molecule has 0 spiro atoms. The summed E-state index contributed by atoms with van der Waals surface area (Å²) in [4.78, 5) is 12.7. The molecule has 0 aromatic carbocycles. The summed E-state index contributed by atoms with van der Waals surface area (Å²) in [5.41, 5.74) is 0. The Morgan fingerprint density at radius 3 is 2.93 bits per heavy atom. The van der Waals surface area contributed by atoms with Crippen LogP contribution in [0.1, 0.15) is 26.2 Å². The number of hydrogen-bond acceptors (Lipinski definition) is 3. The fourth-order valence-corrected chi connectivity index (χ4v) is 2.19. The molecule has 0 aromatic rings. The van der Waals surface area contributed by atoms with Crippen molar-refractivity contribution in [3.63, 3.8) is 0 Å². The van der Waals surface area contributed by atoms with Crippen molar-refractivity contribution in [3.05, 3.63) is 0 Å². The Balaban J connectivity index is 2.31. The molecule has 4 heteroatoms. The second-order valence-corrected chi connectivity index (χ2v) is 4.34. The molecule has 88 valence electrons. The maximum atomic E-state index is 10.7. The Labute approximate surface area is 91.6 Å². The minimum absolute atomic E-state index is 0.185. The predicted octanol–water partition coefficient (Wildman–Crippen LogP) is 0.783. The molecule has 1 atom stereocenters. The number of carboxylic acids is 1. The highest BCUT2D eigenvalue weighted by atomic mass is 16.4. The van der Waals surface area contributed by atoms with Gasteiger partial charge in [0, 0.05) is 6.54 Å². The van der Waals surface area contributed by atoms with E-state index in [1.165, 1.54) is 12.8 Å². The molecule has 2 N–H and O–H groups in total. The first kappa shape index (κ1) is 12.5. The van der Waals surface area contributed by atoms with Gasteiger partial charge in [-0.25, -0.2) is 0 Å². The molecular weight excluding hydrogens is 192 g/mol. The van der Waals surface area contributed by atoms with Crippen molar-refractivity contribution >= 4 is 5.97 Å². The lowest BCUT2D eigenvalue weighted by Gasteiger charge is -2.28. The first-order chi connectivity index (χ1) is 7.22. The largest absolute Gasteiger partial charge is 0.480 e. The first-order valence-electron chi connectivity index (χ1n) is 5.87. The summed E-state index contributed by atoms with van der Waals surface area (Å²) in [5, 5.41) is 12.1. The van der Waals surface area contributed by atoms with Crippen LogP contribution in [-0.2, 0) is 4.79 Å². The van der Waals surface area contributed by atoms with Gasteiger partial charge in [-0.2, -0.15) is 0 Å². The van der Waals surface area contributed by atoms with Crippen LogP contribution in [0.4, 0.5) is 0 Å². The smallest absolute Gasteiger partial charge is 0.317 e. The van der Waals surface area contributed by atoms with Crippen LogP contribution in [0, 0.1) is 5.92 Å². The van der Waals surface area contributed by atoms with Crippen LogP contribution in [0.15, 0.2) is 0 Å². The van der Waals surface area contributed by atoms with Crippen LogP contribution in [0.2, 0.25) is 0 Å².